The van der Waals surface area contributed by atoms with E-state index in [2.05, 4.69) is 60.5 Å². The van der Waals surface area contributed by atoms with Crippen LogP contribution in [0.25, 0.3) is 11.5 Å². The molecule has 5 aliphatic rings. The highest BCUT2D eigenvalue weighted by molar-refractivity contribution is 6.01. The van der Waals surface area contributed by atoms with Gasteiger partial charge in [-0.05, 0) is 133 Å². The lowest BCUT2D eigenvalue weighted by atomic mass is 9.33. The second-order valence-corrected chi connectivity index (χ2v) is 19.9. The number of carbonyl (C=O) groups is 1. The number of aliphatic hydroxyl groups is 2. The Morgan fingerprint density at radius 1 is 0.882 bits per heavy atom. The molecular formula is C44H64N2O5. The number of hydrogen-bond acceptors (Lipinski definition) is 7. The molecule has 4 saturated carbocycles. The Balaban J connectivity index is 1.20. The van der Waals surface area contributed by atoms with Gasteiger partial charge in [-0.15, -0.1) is 10.2 Å². The van der Waals surface area contributed by atoms with Crippen molar-refractivity contribution in [2.75, 3.05) is 0 Å². The number of nitrogens with zero attached hydrogens (tertiary/aromatic N) is 2. The Morgan fingerprint density at radius 3 is 2.25 bits per heavy atom. The normalized spacial score (nSPS) is 38.4. The van der Waals surface area contributed by atoms with Gasteiger partial charge in [-0.1, -0.05) is 80.5 Å². The molecule has 51 heavy (non-hydrogen) atoms. The molecule has 0 aliphatic heterocycles. The molecule has 1 aromatic heterocycles. The van der Waals surface area contributed by atoms with E-state index in [0.717, 1.165) is 43.2 Å². The summed E-state index contributed by atoms with van der Waals surface area (Å²) < 4.78 is 13.4. The maximum Gasteiger partial charge on any atom is 0.247 e. The fraction of sp³-hybridized carbons (Fsp3) is 0.750. The molecule has 1 aromatic carbocycles. The largest absolute Gasteiger partial charge is 0.420 e. The molecule has 9 unspecified atom stereocenters. The van der Waals surface area contributed by atoms with Crippen LogP contribution in [0, 0.1) is 50.7 Å². The van der Waals surface area contributed by atoms with Crippen molar-refractivity contribution in [1.82, 2.24) is 10.2 Å². The number of aliphatic hydroxyl groups excluding tert-OH is 1. The van der Waals surface area contributed by atoms with Crippen LogP contribution >= 0.6 is 0 Å². The van der Waals surface area contributed by atoms with Gasteiger partial charge in [-0.25, -0.2) is 0 Å². The van der Waals surface area contributed by atoms with Gasteiger partial charge < -0.3 is 19.4 Å². The van der Waals surface area contributed by atoms with Crippen LogP contribution in [0.1, 0.15) is 139 Å². The van der Waals surface area contributed by atoms with E-state index in [1.165, 1.54) is 24.8 Å². The van der Waals surface area contributed by atoms with Crippen LogP contribution in [-0.2, 0) is 14.9 Å². The first-order chi connectivity index (χ1) is 23.8. The second kappa shape index (κ2) is 12.3. The fourth-order valence-corrected chi connectivity index (χ4v) is 13.4. The van der Waals surface area contributed by atoms with E-state index in [1.54, 1.807) is 0 Å². The zero-order valence-electron chi connectivity index (χ0n) is 33.0. The van der Waals surface area contributed by atoms with E-state index in [1.807, 2.05) is 44.2 Å². The molecule has 0 bridgehead atoms. The van der Waals surface area contributed by atoms with Crippen LogP contribution in [0.5, 0.6) is 0 Å². The lowest BCUT2D eigenvalue weighted by Gasteiger charge is -2.72. The van der Waals surface area contributed by atoms with Crippen LogP contribution in [0.4, 0.5) is 0 Å². The van der Waals surface area contributed by atoms with E-state index < -0.39 is 17.1 Å². The van der Waals surface area contributed by atoms with Gasteiger partial charge in [0.1, 0.15) is 0 Å². The first-order valence-corrected chi connectivity index (χ1v) is 20.0. The highest BCUT2D eigenvalue weighted by Gasteiger charge is 2.71. The van der Waals surface area contributed by atoms with Crippen molar-refractivity contribution in [3.8, 4) is 11.5 Å². The molecular weight excluding hydrogens is 636 g/mol. The van der Waals surface area contributed by atoms with Crippen LogP contribution in [0.3, 0.4) is 0 Å². The molecule has 280 valence electrons. The molecule has 7 nitrogen and oxygen atoms in total. The fourth-order valence-electron chi connectivity index (χ4n) is 13.4. The average molecular weight is 701 g/mol. The third-order valence-electron chi connectivity index (χ3n) is 16.1. The van der Waals surface area contributed by atoms with E-state index in [4.69, 9.17) is 14.3 Å². The standard InChI is InChI=1S/C44H64N2O5/c1-26(2)34-30(47)25-44(37-46-45-36(51-37)28-14-12-11-13-15-28)23-22-42(9)29(35(34)44)16-17-32-41(8)20-19-33(50-27(3)24-39(4,5)38(48)49)40(6,7)31(41)18-21-43(32,42)10/h11-15,26-27,29,31-33,38,48-49H,16-25H2,1-10H3. The van der Waals surface area contributed by atoms with Crippen molar-refractivity contribution in [3.63, 3.8) is 0 Å². The molecule has 2 aromatic rings. The monoisotopic (exact) mass is 700 g/mol. The molecule has 0 spiro atoms. The number of ether oxygens (including phenoxy) is 1. The van der Waals surface area contributed by atoms with Gasteiger partial charge in [0, 0.05) is 17.4 Å². The summed E-state index contributed by atoms with van der Waals surface area (Å²) >= 11 is 0. The molecule has 0 radical (unpaired) electrons. The predicted molar refractivity (Wildman–Crippen MR) is 199 cm³/mol. The topological polar surface area (TPSA) is 106 Å². The number of ketones is 1. The Hall–Kier alpha value is -2.35. The van der Waals surface area contributed by atoms with Gasteiger partial charge in [0.2, 0.25) is 11.8 Å². The Bertz CT molecular complexity index is 1670. The highest BCUT2D eigenvalue weighted by atomic mass is 16.5. The van der Waals surface area contributed by atoms with Gasteiger partial charge in [0.05, 0.1) is 17.6 Å². The Labute approximate surface area is 306 Å². The number of fused-ring (bicyclic) bond motifs is 7. The molecule has 4 fully saturated rings. The van der Waals surface area contributed by atoms with E-state index >= 15 is 0 Å². The minimum atomic E-state index is -1.36. The van der Waals surface area contributed by atoms with Crippen molar-refractivity contribution < 1.29 is 24.2 Å². The quantitative estimate of drug-likeness (QED) is 0.264. The third-order valence-corrected chi connectivity index (χ3v) is 16.1. The molecule has 0 amide bonds. The Kier molecular flexibility index (Phi) is 8.95. The first kappa shape index (κ1) is 37.0. The Morgan fingerprint density at radius 2 is 1.59 bits per heavy atom. The van der Waals surface area contributed by atoms with E-state index in [0.29, 0.717) is 42.4 Å². The lowest BCUT2D eigenvalue weighted by molar-refractivity contribution is -0.239. The molecule has 2 N–H and O–H groups in total. The molecule has 1 heterocycles. The maximum absolute atomic E-state index is 14.1. The van der Waals surface area contributed by atoms with Gasteiger partial charge >= 0.3 is 0 Å². The van der Waals surface area contributed by atoms with E-state index in [9.17, 15) is 15.0 Å². The summed E-state index contributed by atoms with van der Waals surface area (Å²) in [6.07, 6.45) is 8.50. The maximum atomic E-state index is 14.1. The van der Waals surface area contributed by atoms with Crippen LogP contribution in [-0.4, -0.2) is 44.7 Å². The molecule has 9 atom stereocenters. The number of rotatable bonds is 8. The zero-order valence-corrected chi connectivity index (χ0v) is 33.0. The lowest BCUT2D eigenvalue weighted by Crippen LogP contribution is -2.66. The summed E-state index contributed by atoms with van der Waals surface area (Å²) in [6.45, 7) is 23.0. The second-order valence-electron chi connectivity index (χ2n) is 19.9. The number of benzene rings is 1. The van der Waals surface area contributed by atoms with Gasteiger partial charge in [0.15, 0.2) is 12.1 Å². The molecule has 5 aliphatic carbocycles. The van der Waals surface area contributed by atoms with E-state index in [-0.39, 0.29) is 45.6 Å². The summed E-state index contributed by atoms with van der Waals surface area (Å²) in [6, 6.07) is 9.99. The van der Waals surface area contributed by atoms with Crippen molar-refractivity contribution in [2.45, 2.75) is 157 Å². The number of carbonyl (C=O) groups excluding carboxylic acids is 1. The summed E-state index contributed by atoms with van der Waals surface area (Å²) in [7, 11) is 0. The van der Waals surface area contributed by atoms with Crippen molar-refractivity contribution in [2.24, 2.45) is 50.7 Å². The van der Waals surface area contributed by atoms with Gasteiger partial charge in [0.25, 0.3) is 0 Å². The first-order valence-electron chi connectivity index (χ1n) is 20.0. The minimum Gasteiger partial charge on any atom is -0.420 e. The average Bonchev–Trinajstić information content (AvgIpc) is 3.67. The van der Waals surface area contributed by atoms with Gasteiger partial charge in [-0.3, -0.25) is 4.79 Å². The van der Waals surface area contributed by atoms with Crippen LogP contribution in [0.2, 0.25) is 0 Å². The number of allylic oxidation sites excluding steroid dienone is 2. The van der Waals surface area contributed by atoms with Crippen molar-refractivity contribution in [1.29, 1.82) is 0 Å². The van der Waals surface area contributed by atoms with Crippen LogP contribution in [0.15, 0.2) is 45.9 Å². The summed E-state index contributed by atoms with van der Waals surface area (Å²) in [5, 5.41) is 29.2. The molecule has 7 rings (SSSR count). The van der Waals surface area contributed by atoms with Crippen molar-refractivity contribution >= 4 is 5.78 Å². The van der Waals surface area contributed by atoms with Crippen molar-refractivity contribution in [3.05, 3.63) is 47.4 Å². The molecule has 7 heteroatoms. The number of hydrogen-bond donors (Lipinski definition) is 2. The number of aromatic nitrogens is 2. The summed E-state index contributed by atoms with van der Waals surface area (Å²) in [5.41, 5.74) is 2.55. The minimum absolute atomic E-state index is 0.00364. The predicted octanol–water partition coefficient (Wildman–Crippen LogP) is 9.47. The molecule has 0 saturated heterocycles. The summed E-state index contributed by atoms with van der Waals surface area (Å²) in [4.78, 5) is 14.1. The highest BCUT2D eigenvalue weighted by Crippen LogP contribution is 2.76. The smallest absolute Gasteiger partial charge is 0.247 e. The SMILES string of the molecule is CC(CC(C)(C)C(O)O)OC1CCC2(C)C(CCC3(C)C2CCC2C4=C(C(C)C)C(=O)CC4(c4nnc(-c5ccccc5)o4)CCC23C)C1(C)C. The number of Topliss-reactive ketones (excluding diaryl/α,β-unsaturated/α-hetero) is 1. The third kappa shape index (κ3) is 5.40. The summed E-state index contributed by atoms with van der Waals surface area (Å²) in [5.74, 6) is 3.04. The zero-order chi connectivity index (χ0) is 36.9. The van der Waals surface area contributed by atoms with Gasteiger partial charge in [-0.2, -0.15) is 0 Å². The van der Waals surface area contributed by atoms with Crippen LogP contribution < -0.4 is 0 Å².